The number of ether oxygens (including phenoxy) is 3. The zero-order valence-corrected chi connectivity index (χ0v) is 31.1. The fourth-order valence-corrected chi connectivity index (χ4v) is 6.13. The van der Waals surface area contributed by atoms with Gasteiger partial charge in [0.05, 0.1) is 23.2 Å². The Balaban J connectivity index is 1.21. The third kappa shape index (κ3) is 14.0. The van der Waals surface area contributed by atoms with Crippen LogP contribution in [0.1, 0.15) is 114 Å². The van der Waals surface area contributed by atoms with Gasteiger partial charge in [-0.25, -0.2) is 4.79 Å². The highest BCUT2D eigenvalue weighted by Gasteiger charge is 2.19. The predicted octanol–water partition coefficient (Wildman–Crippen LogP) is 11.9. The minimum atomic E-state index is -0.711. The number of carbonyl (C=O) groups excluding carboxylic acids is 1. The minimum Gasteiger partial charge on any atom is -0.494 e. The fraction of sp³-hybridized carbons (Fsp3) is 0.409. The number of carbonyl (C=O) groups is 2. The van der Waals surface area contributed by atoms with Gasteiger partial charge in [0.25, 0.3) is 0 Å². The lowest BCUT2D eigenvalue weighted by Gasteiger charge is -2.15. The van der Waals surface area contributed by atoms with E-state index in [9.17, 15) is 19.7 Å². The van der Waals surface area contributed by atoms with E-state index in [0.717, 1.165) is 93.1 Å². The number of rotatable bonds is 24. The summed E-state index contributed by atoms with van der Waals surface area (Å²) in [6.45, 7) is 4.77. The lowest BCUT2D eigenvalue weighted by atomic mass is 10.0. The molecule has 53 heavy (non-hydrogen) atoms. The normalized spacial score (nSPS) is 11.5. The van der Waals surface area contributed by atoms with Crippen molar-refractivity contribution in [1.29, 1.82) is 0 Å². The van der Waals surface area contributed by atoms with E-state index in [2.05, 4.69) is 6.92 Å². The van der Waals surface area contributed by atoms with Crippen LogP contribution in [0.25, 0.3) is 22.3 Å². The molecular formula is C44H53NO8. The first-order chi connectivity index (χ1) is 25.7. The van der Waals surface area contributed by atoms with Crippen molar-refractivity contribution in [2.75, 3.05) is 6.61 Å². The number of benzene rings is 4. The number of nitrogens with zero attached hydrogens (tertiary/aromatic N) is 1. The van der Waals surface area contributed by atoms with Gasteiger partial charge in [-0.3, -0.25) is 14.9 Å². The van der Waals surface area contributed by atoms with Gasteiger partial charge in [-0.15, -0.1) is 0 Å². The van der Waals surface area contributed by atoms with Gasteiger partial charge in [0.1, 0.15) is 11.5 Å². The van der Waals surface area contributed by atoms with Crippen LogP contribution in [0.3, 0.4) is 0 Å². The van der Waals surface area contributed by atoms with Crippen LogP contribution in [0.4, 0.5) is 5.69 Å². The van der Waals surface area contributed by atoms with E-state index in [0.29, 0.717) is 23.5 Å². The summed E-state index contributed by atoms with van der Waals surface area (Å²) in [4.78, 5) is 34.9. The number of carboxylic acid groups (broad SMARTS) is 1. The van der Waals surface area contributed by atoms with Crippen molar-refractivity contribution in [3.8, 4) is 39.5 Å². The molecule has 9 heteroatoms. The van der Waals surface area contributed by atoms with Crippen molar-refractivity contribution >= 4 is 17.6 Å². The van der Waals surface area contributed by atoms with Crippen LogP contribution in [0.15, 0.2) is 91.0 Å². The summed E-state index contributed by atoms with van der Waals surface area (Å²) >= 11 is 0. The number of carboxylic acids is 1. The summed E-state index contributed by atoms with van der Waals surface area (Å²) in [6.07, 6.45) is 13.9. The van der Waals surface area contributed by atoms with Crippen molar-refractivity contribution in [3.63, 3.8) is 0 Å². The van der Waals surface area contributed by atoms with Gasteiger partial charge in [0.2, 0.25) is 0 Å². The Hall–Kier alpha value is -5.18. The number of nitro groups is 1. The number of aliphatic carboxylic acids is 1. The Kier molecular flexibility index (Phi) is 16.9. The smallest absolute Gasteiger partial charge is 0.343 e. The number of esters is 1. The molecule has 0 fully saturated rings. The molecule has 4 aromatic carbocycles. The number of hydrogen-bond donors (Lipinski definition) is 1. The number of unbranched alkanes of at least 4 members (excludes halogenated alkanes) is 10. The van der Waals surface area contributed by atoms with E-state index in [4.69, 9.17) is 19.3 Å². The molecule has 0 saturated heterocycles. The largest absolute Gasteiger partial charge is 0.494 e. The molecule has 4 aromatic rings. The van der Waals surface area contributed by atoms with E-state index in [1.54, 1.807) is 48.5 Å². The Bertz CT molecular complexity index is 1720. The predicted molar refractivity (Wildman–Crippen MR) is 209 cm³/mol. The van der Waals surface area contributed by atoms with Crippen molar-refractivity contribution in [2.24, 2.45) is 0 Å². The lowest BCUT2D eigenvalue weighted by Crippen LogP contribution is -2.12. The van der Waals surface area contributed by atoms with Crippen molar-refractivity contribution < 1.29 is 33.8 Å². The first kappa shape index (κ1) is 40.6. The average molecular weight is 724 g/mol. The molecule has 9 nitrogen and oxygen atoms in total. The highest BCUT2D eigenvalue weighted by Crippen LogP contribution is 2.34. The van der Waals surface area contributed by atoms with Gasteiger partial charge in [0, 0.05) is 12.5 Å². The molecule has 0 unspecified atom stereocenters. The van der Waals surface area contributed by atoms with Crippen LogP contribution in [0.5, 0.6) is 17.2 Å². The van der Waals surface area contributed by atoms with Gasteiger partial charge in [-0.1, -0.05) is 107 Å². The van der Waals surface area contributed by atoms with E-state index >= 15 is 0 Å². The maximum absolute atomic E-state index is 12.9. The molecule has 1 atom stereocenters. The monoisotopic (exact) mass is 723 g/mol. The summed E-state index contributed by atoms with van der Waals surface area (Å²) in [5.41, 5.74) is 3.67. The third-order valence-electron chi connectivity index (χ3n) is 9.21. The van der Waals surface area contributed by atoms with E-state index in [1.165, 1.54) is 18.9 Å². The van der Waals surface area contributed by atoms with Crippen LogP contribution in [0.2, 0.25) is 0 Å². The van der Waals surface area contributed by atoms with Gasteiger partial charge < -0.3 is 19.3 Å². The standard InChI is InChI=1S/C44H53NO8/c1-3-4-5-12-15-33(2)52-42-30-25-38(32-41(42)45(49)50)36-17-19-37(20-18-36)44(48)53-40-28-23-35(24-29-40)34-21-26-39(27-22-34)51-31-14-11-9-7-6-8-10-13-16-43(46)47/h17-30,32-33H,3-16,31H2,1-2H3,(H,46,47)/t33-/m1/s1. The molecule has 0 spiro atoms. The van der Waals surface area contributed by atoms with Crippen LogP contribution in [-0.4, -0.2) is 34.7 Å². The first-order valence-corrected chi connectivity index (χ1v) is 19.1. The van der Waals surface area contributed by atoms with Gasteiger partial charge in [-0.2, -0.15) is 0 Å². The Morgan fingerprint density at radius 2 is 1.21 bits per heavy atom. The molecule has 0 radical (unpaired) electrons. The van der Waals surface area contributed by atoms with Crippen LogP contribution in [-0.2, 0) is 4.79 Å². The molecule has 0 bridgehead atoms. The van der Waals surface area contributed by atoms with Gasteiger partial charge in [-0.05, 0) is 97.3 Å². The van der Waals surface area contributed by atoms with Crippen LogP contribution >= 0.6 is 0 Å². The zero-order valence-electron chi connectivity index (χ0n) is 31.1. The second-order valence-electron chi connectivity index (χ2n) is 13.6. The molecule has 0 heterocycles. The highest BCUT2D eigenvalue weighted by atomic mass is 16.6. The summed E-state index contributed by atoms with van der Waals surface area (Å²) in [5.74, 6) is 0.296. The molecule has 0 aromatic heterocycles. The van der Waals surface area contributed by atoms with Crippen molar-refractivity contribution in [1.82, 2.24) is 0 Å². The van der Waals surface area contributed by atoms with E-state index in [-0.39, 0.29) is 24.0 Å². The Labute approximate surface area is 313 Å². The van der Waals surface area contributed by atoms with Crippen LogP contribution < -0.4 is 14.2 Å². The quantitative estimate of drug-likeness (QED) is 0.0249. The molecule has 0 aliphatic carbocycles. The maximum Gasteiger partial charge on any atom is 0.343 e. The number of nitro benzene ring substituents is 1. The number of hydrogen-bond acceptors (Lipinski definition) is 7. The van der Waals surface area contributed by atoms with Crippen molar-refractivity contribution in [3.05, 3.63) is 107 Å². The van der Waals surface area contributed by atoms with Gasteiger partial charge in [0.15, 0.2) is 5.75 Å². The maximum atomic E-state index is 12.9. The summed E-state index contributed by atoms with van der Waals surface area (Å²) in [7, 11) is 0. The topological polar surface area (TPSA) is 125 Å². The molecule has 0 saturated carbocycles. The summed E-state index contributed by atoms with van der Waals surface area (Å²) < 4.78 is 17.5. The van der Waals surface area contributed by atoms with Gasteiger partial charge >= 0.3 is 17.6 Å². The second kappa shape index (κ2) is 22.0. The average Bonchev–Trinajstić information content (AvgIpc) is 3.16. The Morgan fingerprint density at radius 3 is 1.81 bits per heavy atom. The minimum absolute atomic E-state index is 0.0858. The lowest BCUT2D eigenvalue weighted by molar-refractivity contribution is -0.386. The van der Waals surface area contributed by atoms with Crippen LogP contribution in [0, 0.1) is 10.1 Å². The molecular weight excluding hydrogens is 670 g/mol. The fourth-order valence-electron chi connectivity index (χ4n) is 6.13. The zero-order chi connectivity index (χ0) is 37.8. The molecule has 282 valence electrons. The first-order valence-electron chi connectivity index (χ1n) is 19.1. The third-order valence-corrected chi connectivity index (χ3v) is 9.21. The molecule has 1 N–H and O–H groups in total. The Morgan fingerprint density at radius 1 is 0.679 bits per heavy atom. The highest BCUT2D eigenvalue weighted by molar-refractivity contribution is 5.91. The molecule has 0 aliphatic heterocycles. The van der Waals surface area contributed by atoms with E-state index in [1.807, 2.05) is 43.3 Å². The molecule has 0 aliphatic rings. The molecule has 4 rings (SSSR count). The SMILES string of the molecule is CCCCCC[C@@H](C)Oc1ccc(-c2ccc(C(=O)Oc3ccc(-c4ccc(OCCCCCCCCCCC(=O)O)cc4)cc3)cc2)cc1[N+](=O)[O-]. The second-order valence-corrected chi connectivity index (χ2v) is 13.6. The molecule has 0 amide bonds. The summed E-state index contributed by atoms with van der Waals surface area (Å²) in [6, 6.07) is 27.0. The van der Waals surface area contributed by atoms with Crippen molar-refractivity contribution in [2.45, 2.75) is 110 Å². The summed E-state index contributed by atoms with van der Waals surface area (Å²) in [5, 5.41) is 20.6. The van der Waals surface area contributed by atoms with E-state index < -0.39 is 16.9 Å².